The Morgan fingerprint density at radius 3 is 2.83 bits per heavy atom. The molecule has 4 heterocycles. The SMILES string of the molecule is Cc1cc(-c2ccsc2)c2nc(N3CCOCC3)cc(=O)n2c1. The van der Waals surface area contributed by atoms with Gasteiger partial charge in [0.2, 0.25) is 0 Å². The number of fused-ring (bicyclic) bond motifs is 1. The first kappa shape index (κ1) is 14.4. The number of aromatic nitrogens is 2. The van der Waals surface area contributed by atoms with Gasteiger partial charge in [-0.15, -0.1) is 0 Å². The van der Waals surface area contributed by atoms with Crippen LogP contribution in [0.3, 0.4) is 0 Å². The van der Waals surface area contributed by atoms with Crippen molar-refractivity contribution in [1.29, 1.82) is 0 Å². The molecule has 0 unspecified atom stereocenters. The van der Waals surface area contributed by atoms with E-state index in [1.54, 1.807) is 21.8 Å². The predicted octanol–water partition coefficient (Wildman–Crippen LogP) is 2.57. The Hall–Kier alpha value is -2.18. The van der Waals surface area contributed by atoms with Crippen LogP contribution in [0.4, 0.5) is 5.82 Å². The number of hydrogen-bond acceptors (Lipinski definition) is 5. The Morgan fingerprint density at radius 1 is 1.26 bits per heavy atom. The number of rotatable bonds is 2. The zero-order valence-electron chi connectivity index (χ0n) is 12.9. The summed E-state index contributed by atoms with van der Waals surface area (Å²) in [7, 11) is 0. The van der Waals surface area contributed by atoms with Crippen LogP contribution in [0.5, 0.6) is 0 Å². The van der Waals surface area contributed by atoms with Crippen molar-refractivity contribution in [3.63, 3.8) is 0 Å². The van der Waals surface area contributed by atoms with Gasteiger partial charge < -0.3 is 9.64 Å². The van der Waals surface area contributed by atoms with Crippen LogP contribution in [0.15, 0.2) is 40.0 Å². The van der Waals surface area contributed by atoms with Gasteiger partial charge in [0.25, 0.3) is 5.56 Å². The molecule has 3 aromatic rings. The summed E-state index contributed by atoms with van der Waals surface area (Å²) in [5, 5.41) is 4.13. The minimum atomic E-state index is -0.0447. The quantitative estimate of drug-likeness (QED) is 0.726. The molecular weight excluding hydrogens is 310 g/mol. The summed E-state index contributed by atoms with van der Waals surface area (Å²) < 4.78 is 7.03. The van der Waals surface area contributed by atoms with Crippen LogP contribution in [0.25, 0.3) is 16.8 Å². The molecule has 0 amide bonds. The molecule has 0 aliphatic carbocycles. The van der Waals surface area contributed by atoms with E-state index in [9.17, 15) is 4.79 Å². The first-order chi connectivity index (χ1) is 11.2. The highest BCUT2D eigenvalue weighted by molar-refractivity contribution is 7.08. The molecule has 1 aliphatic heterocycles. The van der Waals surface area contributed by atoms with Gasteiger partial charge in [0.05, 0.1) is 13.2 Å². The molecule has 0 radical (unpaired) electrons. The second kappa shape index (κ2) is 5.79. The number of ether oxygens (including phenoxy) is 1. The lowest BCUT2D eigenvalue weighted by atomic mass is 10.1. The molecule has 0 saturated carbocycles. The normalized spacial score (nSPS) is 15.3. The summed E-state index contributed by atoms with van der Waals surface area (Å²) in [6, 6.07) is 5.77. The minimum absolute atomic E-state index is 0.0447. The van der Waals surface area contributed by atoms with E-state index in [2.05, 4.69) is 22.4 Å². The van der Waals surface area contributed by atoms with Crippen molar-refractivity contribution in [3.05, 3.63) is 51.1 Å². The van der Waals surface area contributed by atoms with Crippen molar-refractivity contribution >= 4 is 22.8 Å². The molecule has 1 aliphatic rings. The van der Waals surface area contributed by atoms with E-state index in [0.29, 0.717) is 18.9 Å². The van der Waals surface area contributed by atoms with E-state index in [-0.39, 0.29) is 5.56 Å². The molecule has 5 nitrogen and oxygen atoms in total. The van der Waals surface area contributed by atoms with E-state index >= 15 is 0 Å². The lowest BCUT2D eigenvalue weighted by molar-refractivity contribution is 0.122. The highest BCUT2D eigenvalue weighted by atomic mass is 32.1. The monoisotopic (exact) mass is 327 g/mol. The fourth-order valence-corrected chi connectivity index (χ4v) is 3.57. The van der Waals surface area contributed by atoms with Gasteiger partial charge in [0, 0.05) is 30.9 Å². The first-order valence-corrected chi connectivity index (χ1v) is 8.56. The van der Waals surface area contributed by atoms with Crippen molar-refractivity contribution in [2.45, 2.75) is 6.92 Å². The highest BCUT2D eigenvalue weighted by Gasteiger charge is 2.16. The van der Waals surface area contributed by atoms with E-state index in [1.807, 2.05) is 18.5 Å². The lowest BCUT2D eigenvalue weighted by Gasteiger charge is -2.27. The molecule has 118 valence electrons. The zero-order chi connectivity index (χ0) is 15.8. The molecule has 0 bridgehead atoms. The standard InChI is InChI=1S/C17H17N3O2S/c1-12-8-14(13-2-7-23-11-13)17-18-15(9-16(21)20(17)10-12)19-3-5-22-6-4-19/h2,7-11H,3-6H2,1H3. The zero-order valence-corrected chi connectivity index (χ0v) is 13.7. The van der Waals surface area contributed by atoms with E-state index in [4.69, 9.17) is 9.72 Å². The third-order valence-corrected chi connectivity index (χ3v) is 4.73. The molecule has 4 rings (SSSR count). The number of anilines is 1. The van der Waals surface area contributed by atoms with Crippen molar-refractivity contribution in [2.75, 3.05) is 31.2 Å². The summed E-state index contributed by atoms with van der Waals surface area (Å²) in [4.78, 5) is 19.5. The predicted molar refractivity (Wildman–Crippen MR) is 92.5 cm³/mol. The molecule has 0 aromatic carbocycles. The van der Waals surface area contributed by atoms with Crippen LogP contribution in [0.2, 0.25) is 0 Å². The van der Waals surface area contributed by atoms with Gasteiger partial charge in [0.15, 0.2) is 0 Å². The molecule has 3 aromatic heterocycles. The van der Waals surface area contributed by atoms with Crippen molar-refractivity contribution < 1.29 is 4.74 Å². The topological polar surface area (TPSA) is 46.8 Å². The summed E-state index contributed by atoms with van der Waals surface area (Å²) in [5.74, 6) is 0.735. The van der Waals surface area contributed by atoms with Gasteiger partial charge in [0.1, 0.15) is 11.5 Å². The van der Waals surface area contributed by atoms with Gasteiger partial charge in [-0.05, 0) is 40.9 Å². The van der Waals surface area contributed by atoms with Crippen LogP contribution in [-0.4, -0.2) is 35.7 Å². The van der Waals surface area contributed by atoms with Gasteiger partial charge in [-0.25, -0.2) is 4.98 Å². The summed E-state index contributed by atoms with van der Waals surface area (Å²) >= 11 is 1.64. The third-order valence-electron chi connectivity index (χ3n) is 4.05. The van der Waals surface area contributed by atoms with Crippen molar-refractivity contribution in [1.82, 2.24) is 9.38 Å². The number of pyridine rings is 1. The molecule has 0 spiro atoms. The molecule has 0 atom stereocenters. The number of aryl methyl sites for hydroxylation is 1. The maximum absolute atomic E-state index is 12.6. The smallest absolute Gasteiger partial charge is 0.259 e. The molecule has 1 fully saturated rings. The second-order valence-corrected chi connectivity index (χ2v) is 6.47. The number of nitrogens with zero attached hydrogens (tertiary/aromatic N) is 3. The largest absolute Gasteiger partial charge is 0.378 e. The number of morpholine rings is 1. The Kier molecular flexibility index (Phi) is 3.63. The fourth-order valence-electron chi connectivity index (χ4n) is 2.91. The average Bonchev–Trinajstić information content (AvgIpc) is 3.10. The Balaban J connectivity index is 1.94. The Labute approximate surface area is 137 Å². The maximum Gasteiger partial charge on any atom is 0.259 e. The van der Waals surface area contributed by atoms with Crippen LogP contribution in [0.1, 0.15) is 5.56 Å². The van der Waals surface area contributed by atoms with E-state index < -0.39 is 0 Å². The minimum Gasteiger partial charge on any atom is -0.378 e. The van der Waals surface area contributed by atoms with Gasteiger partial charge in [-0.3, -0.25) is 9.20 Å². The maximum atomic E-state index is 12.6. The molecular formula is C17H17N3O2S. The lowest BCUT2D eigenvalue weighted by Crippen LogP contribution is -2.37. The van der Waals surface area contributed by atoms with Crippen molar-refractivity contribution in [3.8, 4) is 11.1 Å². The summed E-state index contributed by atoms with van der Waals surface area (Å²) in [5.41, 5.74) is 3.81. The number of thiophene rings is 1. The second-order valence-electron chi connectivity index (χ2n) is 5.69. The fraction of sp³-hybridized carbons (Fsp3) is 0.294. The molecule has 0 N–H and O–H groups in total. The average molecular weight is 327 g/mol. The van der Waals surface area contributed by atoms with Gasteiger partial charge >= 0.3 is 0 Å². The van der Waals surface area contributed by atoms with Crippen molar-refractivity contribution in [2.24, 2.45) is 0 Å². The van der Waals surface area contributed by atoms with Crippen LogP contribution in [0, 0.1) is 6.92 Å². The third kappa shape index (κ3) is 2.64. The van der Waals surface area contributed by atoms with Gasteiger partial charge in [-0.1, -0.05) is 0 Å². The molecule has 23 heavy (non-hydrogen) atoms. The highest BCUT2D eigenvalue weighted by Crippen LogP contribution is 2.27. The summed E-state index contributed by atoms with van der Waals surface area (Å²) in [6.07, 6.45) is 1.85. The Morgan fingerprint density at radius 2 is 2.09 bits per heavy atom. The van der Waals surface area contributed by atoms with E-state index in [1.165, 1.54) is 0 Å². The number of hydrogen-bond donors (Lipinski definition) is 0. The van der Waals surface area contributed by atoms with E-state index in [0.717, 1.165) is 35.6 Å². The molecule has 1 saturated heterocycles. The molecule has 6 heteroatoms. The van der Waals surface area contributed by atoms with Crippen LogP contribution >= 0.6 is 11.3 Å². The van der Waals surface area contributed by atoms with Gasteiger partial charge in [-0.2, -0.15) is 11.3 Å². The summed E-state index contributed by atoms with van der Waals surface area (Å²) in [6.45, 7) is 4.88. The Bertz CT molecular complexity index is 896. The van der Waals surface area contributed by atoms with Crippen LogP contribution in [-0.2, 0) is 4.74 Å². The first-order valence-electron chi connectivity index (χ1n) is 7.62. The van der Waals surface area contributed by atoms with Crippen LogP contribution < -0.4 is 10.5 Å².